The third-order valence-corrected chi connectivity index (χ3v) is 3.11. The Kier molecular flexibility index (Phi) is 4.63. The third-order valence-electron chi connectivity index (χ3n) is 3.11. The molecule has 0 aliphatic carbocycles. The van der Waals surface area contributed by atoms with E-state index < -0.39 is 17.8 Å². The van der Waals surface area contributed by atoms with E-state index in [4.69, 9.17) is 0 Å². The van der Waals surface area contributed by atoms with Gasteiger partial charge in [0.15, 0.2) is 0 Å². The Morgan fingerprint density at radius 3 is 2.14 bits per heavy atom. The molecule has 0 aliphatic heterocycles. The van der Waals surface area contributed by atoms with Crippen LogP contribution in [-0.4, -0.2) is 11.2 Å². The zero-order chi connectivity index (χ0) is 15.5. The highest BCUT2D eigenvalue weighted by molar-refractivity contribution is 5.26. The summed E-state index contributed by atoms with van der Waals surface area (Å²) in [4.78, 5) is 0. The second-order valence-corrected chi connectivity index (χ2v) is 4.89. The lowest BCUT2D eigenvalue weighted by Crippen LogP contribution is -2.14. The van der Waals surface area contributed by atoms with E-state index in [9.17, 15) is 22.7 Å². The highest BCUT2D eigenvalue weighted by atomic mass is 19.4. The number of halogens is 4. The molecular formula is C16H14F4O. The molecular weight excluding hydrogens is 284 g/mol. The van der Waals surface area contributed by atoms with Gasteiger partial charge < -0.3 is 5.11 Å². The number of aliphatic hydroxyl groups is 1. The van der Waals surface area contributed by atoms with Gasteiger partial charge in [0.05, 0.1) is 11.7 Å². The largest absolute Gasteiger partial charge is 0.416 e. The lowest BCUT2D eigenvalue weighted by molar-refractivity contribution is -0.137. The molecule has 0 bridgehead atoms. The molecule has 0 amide bonds. The van der Waals surface area contributed by atoms with E-state index in [1.807, 2.05) is 0 Å². The Morgan fingerprint density at radius 1 is 0.905 bits per heavy atom. The molecule has 1 unspecified atom stereocenters. The van der Waals surface area contributed by atoms with Gasteiger partial charge in [-0.05, 0) is 42.2 Å². The van der Waals surface area contributed by atoms with Crippen LogP contribution >= 0.6 is 0 Å². The molecule has 112 valence electrons. The molecule has 0 fully saturated rings. The summed E-state index contributed by atoms with van der Waals surface area (Å²) in [6.45, 7) is 0. The summed E-state index contributed by atoms with van der Waals surface area (Å²) in [6, 6.07) is 10.6. The van der Waals surface area contributed by atoms with Crippen LogP contribution in [0.15, 0.2) is 48.5 Å². The van der Waals surface area contributed by atoms with Crippen LogP contribution in [-0.2, 0) is 19.0 Å². The fourth-order valence-corrected chi connectivity index (χ4v) is 2.11. The smallest absolute Gasteiger partial charge is 0.392 e. The van der Waals surface area contributed by atoms with Crippen molar-refractivity contribution < 1.29 is 22.7 Å². The van der Waals surface area contributed by atoms with E-state index in [2.05, 4.69) is 0 Å². The van der Waals surface area contributed by atoms with Crippen molar-refractivity contribution in [3.63, 3.8) is 0 Å². The fraction of sp³-hybridized carbons (Fsp3) is 0.250. The zero-order valence-electron chi connectivity index (χ0n) is 11.1. The molecule has 2 aromatic carbocycles. The van der Waals surface area contributed by atoms with Crippen LogP contribution < -0.4 is 0 Å². The van der Waals surface area contributed by atoms with Crippen molar-refractivity contribution in [1.29, 1.82) is 0 Å². The minimum Gasteiger partial charge on any atom is -0.392 e. The van der Waals surface area contributed by atoms with Gasteiger partial charge in [0.1, 0.15) is 5.82 Å². The highest BCUT2D eigenvalue weighted by Gasteiger charge is 2.30. The third kappa shape index (κ3) is 4.56. The Labute approximate surface area is 119 Å². The number of rotatable bonds is 4. The van der Waals surface area contributed by atoms with Crippen molar-refractivity contribution in [2.24, 2.45) is 0 Å². The Hall–Kier alpha value is -1.88. The second kappa shape index (κ2) is 6.26. The first-order chi connectivity index (χ1) is 9.84. The topological polar surface area (TPSA) is 20.2 Å². The van der Waals surface area contributed by atoms with Gasteiger partial charge in [0, 0.05) is 0 Å². The maximum Gasteiger partial charge on any atom is 0.416 e. The van der Waals surface area contributed by atoms with Crippen molar-refractivity contribution in [1.82, 2.24) is 0 Å². The maximum atomic E-state index is 12.8. The van der Waals surface area contributed by atoms with Crippen molar-refractivity contribution in [3.8, 4) is 0 Å². The molecule has 2 aromatic rings. The summed E-state index contributed by atoms with van der Waals surface area (Å²) < 4.78 is 50.5. The molecule has 1 atom stereocenters. The Balaban J connectivity index is 2.02. The van der Waals surface area contributed by atoms with Gasteiger partial charge in [0.25, 0.3) is 0 Å². The molecule has 0 heterocycles. The van der Waals surface area contributed by atoms with Crippen molar-refractivity contribution >= 4 is 0 Å². The van der Waals surface area contributed by atoms with E-state index in [1.165, 1.54) is 18.2 Å². The van der Waals surface area contributed by atoms with E-state index in [1.54, 1.807) is 18.2 Å². The van der Waals surface area contributed by atoms with Gasteiger partial charge in [-0.15, -0.1) is 0 Å². The molecule has 0 aromatic heterocycles. The lowest BCUT2D eigenvalue weighted by atomic mass is 10.00. The number of hydrogen-bond acceptors (Lipinski definition) is 1. The van der Waals surface area contributed by atoms with Crippen LogP contribution in [0.25, 0.3) is 0 Å². The number of hydrogen-bond donors (Lipinski definition) is 1. The number of alkyl halides is 3. The Morgan fingerprint density at radius 2 is 1.52 bits per heavy atom. The fourth-order valence-electron chi connectivity index (χ4n) is 2.11. The zero-order valence-corrected chi connectivity index (χ0v) is 11.1. The van der Waals surface area contributed by atoms with Crippen molar-refractivity contribution in [2.75, 3.05) is 0 Å². The quantitative estimate of drug-likeness (QED) is 0.846. The average Bonchev–Trinajstić information content (AvgIpc) is 2.41. The van der Waals surface area contributed by atoms with Crippen LogP contribution in [0.1, 0.15) is 16.7 Å². The summed E-state index contributed by atoms with van der Waals surface area (Å²) in [5.74, 6) is -0.369. The molecule has 1 nitrogen and oxygen atoms in total. The SMILES string of the molecule is OC(Cc1ccc(F)cc1)Cc1cccc(C(F)(F)F)c1. The predicted octanol–water partition coefficient (Wildman–Crippen LogP) is 3.99. The van der Waals surface area contributed by atoms with Gasteiger partial charge in [-0.25, -0.2) is 4.39 Å². The van der Waals surface area contributed by atoms with E-state index >= 15 is 0 Å². The normalized spacial score (nSPS) is 13.2. The van der Waals surface area contributed by atoms with E-state index in [-0.39, 0.29) is 18.7 Å². The summed E-state index contributed by atoms with van der Waals surface area (Å²) in [5.41, 5.74) is 0.421. The van der Waals surface area contributed by atoms with Crippen LogP contribution in [0.5, 0.6) is 0 Å². The van der Waals surface area contributed by atoms with Crippen LogP contribution in [0, 0.1) is 5.82 Å². The van der Waals surface area contributed by atoms with Crippen LogP contribution in [0.3, 0.4) is 0 Å². The summed E-state index contributed by atoms with van der Waals surface area (Å²) in [7, 11) is 0. The van der Waals surface area contributed by atoms with Gasteiger partial charge in [-0.3, -0.25) is 0 Å². The molecule has 1 N–H and O–H groups in total. The van der Waals surface area contributed by atoms with Gasteiger partial charge >= 0.3 is 6.18 Å². The van der Waals surface area contributed by atoms with E-state index in [0.29, 0.717) is 5.56 Å². The molecule has 0 spiro atoms. The first kappa shape index (κ1) is 15.5. The van der Waals surface area contributed by atoms with E-state index in [0.717, 1.165) is 17.7 Å². The monoisotopic (exact) mass is 298 g/mol. The highest BCUT2D eigenvalue weighted by Crippen LogP contribution is 2.29. The first-order valence-electron chi connectivity index (χ1n) is 6.43. The number of benzene rings is 2. The number of aliphatic hydroxyl groups excluding tert-OH is 1. The molecule has 0 aliphatic rings. The molecule has 0 saturated carbocycles. The average molecular weight is 298 g/mol. The lowest BCUT2D eigenvalue weighted by Gasteiger charge is -2.13. The summed E-state index contributed by atoms with van der Waals surface area (Å²) in [6.07, 6.45) is -4.84. The Bertz CT molecular complexity index is 590. The predicted molar refractivity (Wildman–Crippen MR) is 71.3 cm³/mol. The van der Waals surface area contributed by atoms with Crippen LogP contribution in [0.4, 0.5) is 17.6 Å². The minimum atomic E-state index is -4.39. The van der Waals surface area contributed by atoms with Crippen molar-refractivity contribution in [2.45, 2.75) is 25.1 Å². The molecule has 0 saturated heterocycles. The first-order valence-corrected chi connectivity index (χ1v) is 6.43. The second-order valence-electron chi connectivity index (χ2n) is 4.89. The van der Waals surface area contributed by atoms with Crippen LogP contribution in [0.2, 0.25) is 0 Å². The molecule has 0 radical (unpaired) electrons. The van der Waals surface area contributed by atoms with Gasteiger partial charge in [0.2, 0.25) is 0 Å². The summed E-state index contributed by atoms with van der Waals surface area (Å²) in [5, 5.41) is 9.94. The summed E-state index contributed by atoms with van der Waals surface area (Å²) >= 11 is 0. The molecule has 5 heteroatoms. The van der Waals surface area contributed by atoms with Gasteiger partial charge in [-0.1, -0.05) is 30.3 Å². The standard InChI is InChI=1S/C16H14F4O/c17-14-6-4-11(5-7-14)9-15(21)10-12-2-1-3-13(8-12)16(18,19)20/h1-8,15,21H,9-10H2. The molecule has 21 heavy (non-hydrogen) atoms. The van der Waals surface area contributed by atoms with Gasteiger partial charge in [-0.2, -0.15) is 13.2 Å². The minimum absolute atomic E-state index is 0.112. The van der Waals surface area contributed by atoms with Crippen molar-refractivity contribution in [3.05, 3.63) is 71.0 Å². The molecule has 2 rings (SSSR count). The maximum absolute atomic E-state index is 12.8.